The Kier molecular flexibility index (Phi) is 3.14. The smallest absolute Gasteiger partial charge is 0.338 e. The zero-order chi connectivity index (χ0) is 10.6. The van der Waals surface area contributed by atoms with Crippen LogP contribution in [0.4, 0.5) is 0 Å². The van der Waals surface area contributed by atoms with E-state index in [-0.39, 0.29) is 0 Å². The van der Waals surface area contributed by atoms with Crippen molar-refractivity contribution in [2.75, 3.05) is 0 Å². The molecule has 0 aromatic rings. The van der Waals surface area contributed by atoms with Crippen LogP contribution in [-0.4, -0.2) is 29.3 Å². The van der Waals surface area contributed by atoms with Gasteiger partial charge in [0.1, 0.15) is 0 Å². The third-order valence-electron chi connectivity index (χ3n) is 1.19. The van der Waals surface area contributed by atoms with Crippen molar-refractivity contribution in [3.8, 4) is 0 Å². The molecule has 2 heterocycles. The molecule has 2 rings (SSSR count). The van der Waals surface area contributed by atoms with E-state index in [1.807, 2.05) is 0 Å². The molecule has 14 heavy (non-hydrogen) atoms. The molecular weight excluding hydrogens is 192 g/mol. The highest BCUT2D eigenvalue weighted by Gasteiger charge is 2.11. The fraction of sp³-hybridized carbons (Fsp3) is 0.125. The molecule has 2 aliphatic rings. The van der Waals surface area contributed by atoms with E-state index in [0.717, 1.165) is 12.2 Å². The van der Waals surface area contributed by atoms with E-state index in [1.54, 1.807) is 0 Å². The number of rotatable bonds is 0. The van der Waals surface area contributed by atoms with Gasteiger partial charge < -0.3 is 14.6 Å². The largest absolute Gasteiger partial charge is 0.429 e. The first-order valence-corrected chi connectivity index (χ1v) is 3.58. The predicted octanol–water partition coefficient (Wildman–Crippen LogP) is -0.956. The molecule has 0 aromatic carbocycles. The fourth-order valence-electron chi connectivity index (χ4n) is 0.662. The second-order valence-corrected chi connectivity index (χ2v) is 2.26. The van der Waals surface area contributed by atoms with E-state index >= 15 is 0 Å². The Balaban J connectivity index is 0.000000140. The molecule has 74 valence electrons. The number of hydrogen-bond acceptors (Lipinski definition) is 6. The lowest BCUT2D eigenvalue weighted by molar-refractivity contribution is -0.151. The first kappa shape index (κ1) is 10.1. The maximum Gasteiger partial charge on any atom is 0.338 e. The summed E-state index contributed by atoms with van der Waals surface area (Å²) in [6.07, 6.45) is 3.63. The zero-order valence-corrected chi connectivity index (χ0v) is 6.88. The van der Waals surface area contributed by atoms with Gasteiger partial charge in [0.15, 0.2) is 0 Å². The molecule has 0 saturated carbocycles. The Bertz CT molecular complexity index is 311. The molecule has 0 aromatic heterocycles. The number of carbonyl (C=O) groups is 3. The quantitative estimate of drug-likeness (QED) is 0.398. The van der Waals surface area contributed by atoms with Gasteiger partial charge in [0.25, 0.3) is 0 Å². The van der Waals surface area contributed by atoms with Crippen LogP contribution in [0.2, 0.25) is 0 Å². The topological polar surface area (TPSA) is 89.9 Å². The average Bonchev–Trinajstić information content (AvgIpc) is 2.63. The van der Waals surface area contributed by atoms with Crippen molar-refractivity contribution < 1.29 is 29.0 Å². The molecular formula is C8H6O6. The van der Waals surface area contributed by atoms with Crippen LogP contribution in [0.5, 0.6) is 0 Å². The molecule has 1 N–H and O–H groups in total. The van der Waals surface area contributed by atoms with Crippen LogP contribution < -0.4 is 0 Å². The van der Waals surface area contributed by atoms with Crippen LogP contribution in [0.3, 0.4) is 0 Å². The summed E-state index contributed by atoms with van der Waals surface area (Å²) in [6, 6.07) is 0. The van der Waals surface area contributed by atoms with Crippen molar-refractivity contribution in [3.63, 3.8) is 0 Å². The molecule has 0 aliphatic carbocycles. The lowest BCUT2D eigenvalue weighted by Crippen LogP contribution is -2.04. The molecule has 0 radical (unpaired) electrons. The molecule has 1 unspecified atom stereocenters. The molecule has 0 bridgehead atoms. The number of hydrogen-bond donors (Lipinski definition) is 1. The molecule has 1 atom stereocenters. The van der Waals surface area contributed by atoms with E-state index in [4.69, 9.17) is 5.11 Å². The van der Waals surface area contributed by atoms with E-state index in [0.29, 0.717) is 0 Å². The Morgan fingerprint density at radius 1 is 1.00 bits per heavy atom. The van der Waals surface area contributed by atoms with E-state index in [2.05, 4.69) is 9.47 Å². The first-order valence-electron chi connectivity index (χ1n) is 3.58. The average molecular weight is 198 g/mol. The zero-order valence-electron chi connectivity index (χ0n) is 6.88. The van der Waals surface area contributed by atoms with E-state index in [1.165, 1.54) is 12.2 Å². The van der Waals surface area contributed by atoms with Crippen molar-refractivity contribution in [1.82, 2.24) is 0 Å². The van der Waals surface area contributed by atoms with Crippen LogP contribution >= 0.6 is 0 Å². The predicted molar refractivity (Wildman–Crippen MR) is 41.5 cm³/mol. The summed E-state index contributed by atoms with van der Waals surface area (Å²) < 4.78 is 8.14. The normalized spacial score (nSPS) is 22.9. The summed E-state index contributed by atoms with van der Waals surface area (Å²) in [6.45, 7) is 0. The lowest BCUT2D eigenvalue weighted by Gasteiger charge is -1.94. The molecule has 0 amide bonds. The Morgan fingerprint density at radius 3 is 1.71 bits per heavy atom. The second kappa shape index (κ2) is 4.33. The number of cyclic esters (lactones) is 3. The number of aliphatic hydroxyl groups is 1. The minimum Gasteiger partial charge on any atom is -0.429 e. The van der Waals surface area contributed by atoms with Gasteiger partial charge in [0.05, 0.1) is 0 Å². The van der Waals surface area contributed by atoms with E-state index in [9.17, 15) is 14.4 Å². The van der Waals surface area contributed by atoms with Gasteiger partial charge in [-0.1, -0.05) is 0 Å². The van der Waals surface area contributed by atoms with Gasteiger partial charge in [-0.05, 0) is 6.08 Å². The number of ether oxygens (including phenoxy) is 2. The van der Waals surface area contributed by atoms with Crippen molar-refractivity contribution in [2.24, 2.45) is 0 Å². The summed E-state index contributed by atoms with van der Waals surface area (Å²) in [4.78, 5) is 29.8. The SMILES string of the molecule is O=C1C=CC(=O)O1.O=C1C=CC(O)O1. The molecule has 0 saturated heterocycles. The summed E-state index contributed by atoms with van der Waals surface area (Å²) in [5, 5.41) is 8.37. The van der Waals surface area contributed by atoms with Gasteiger partial charge in [-0.2, -0.15) is 0 Å². The lowest BCUT2D eigenvalue weighted by atomic mass is 10.5. The fourth-order valence-corrected chi connectivity index (χ4v) is 0.662. The highest BCUT2D eigenvalue weighted by atomic mass is 16.6. The summed E-state index contributed by atoms with van der Waals surface area (Å²) >= 11 is 0. The van der Waals surface area contributed by atoms with Gasteiger partial charge in [-0.15, -0.1) is 0 Å². The van der Waals surface area contributed by atoms with Gasteiger partial charge in [-0.25, -0.2) is 14.4 Å². The van der Waals surface area contributed by atoms with Crippen LogP contribution in [0.15, 0.2) is 24.3 Å². The number of carbonyl (C=O) groups excluding carboxylic acids is 3. The second-order valence-electron chi connectivity index (χ2n) is 2.26. The van der Waals surface area contributed by atoms with Crippen molar-refractivity contribution in [2.45, 2.75) is 6.29 Å². The molecule has 0 fully saturated rings. The van der Waals surface area contributed by atoms with Crippen LogP contribution in [0.25, 0.3) is 0 Å². The number of esters is 3. The maximum absolute atomic E-state index is 9.98. The molecule has 6 heteroatoms. The minimum absolute atomic E-state index is 0.479. The van der Waals surface area contributed by atoms with Gasteiger partial charge in [-0.3, -0.25) is 0 Å². The van der Waals surface area contributed by atoms with Crippen molar-refractivity contribution >= 4 is 17.9 Å². The number of aliphatic hydroxyl groups excluding tert-OH is 1. The monoisotopic (exact) mass is 198 g/mol. The van der Waals surface area contributed by atoms with Gasteiger partial charge in [0, 0.05) is 18.2 Å². The summed E-state index contributed by atoms with van der Waals surface area (Å²) in [5.41, 5.74) is 0. The highest BCUT2D eigenvalue weighted by Crippen LogP contribution is 1.98. The Labute approximate surface area is 78.4 Å². The van der Waals surface area contributed by atoms with Gasteiger partial charge >= 0.3 is 17.9 Å². The summed E-state index contributed by atoms with van der Waals surface area (Å²) in [7, 11) is 0. The van der Waals surface area contributed by atoms with E-state index < -0.39 is 24.2 Å². The van der Waals surface area contributed by atoms with Gasteiger partial charge in [0.2, 0.25) is 6.29 Å². The maximum atomic E-state index is 9.98. The Morgan fingerprint density at radius 2 is 1.57 bits per heavy atom. The van der Waals surface area contributed by atoms with Crippen LogP contribution in [-0.2, 0) is 23.9 Å². The molecule has 0 spiro atoms. The summed E-state index contributed by atoms with van der Waals surface area (Å²) in [5.74, 6) is -1.64. The molecule has 2 aliphatic heterocycles. The first-order chi connectivity index (χ1) is 6.58. The van der Waals surface area contributed by atoms with Crippen LogP contribution in [0, 0.1) is 0 Å². The minimum atomic E-state index is -1.01. The Hall–Kier alpha value is -1.95. The van der Waals surface area contributed by atoms with Crippen LogP contribution in [0.1, 0.15) is 0 Å². The molecule has 6 nitrogen and oxygen atoms in total. The van der Waals surface area contributed by atoms with Crippen molar-refractivity contribution in [3.05, 3.63) is 24.3 Å². The van der Waals surface area contributed by atoms with Crippen molar-refractivity contribution in [1.29, 1.82) is 0 Å². The third kappa shape index (κ3) is 3.20. The highest BCUT2D eigenvalue weighted by molar-refractivity contribution is 6.04. The third-order valence-corrected chi connectivity index (χ3v) is 1.19. The standard InChI is InChI=1S/C4H4O3.C4H2O3/c2*5-3-1-2-4(6)7-3/h1-3,5H;1-2H.